The molecule has 3 rings (SSSR count). The number of Topliss-reactive ketones (excluding diaryl/α,β-unsaturated/α-hetero) is 1. The van der Waals surface area contributed by atoms with E-state index in [0.29, 0.717) is 31.6 Å². The Balaban J connectivity index is 1.45. The van der Waals surface area contributed by atoms with Gasteiger partial charge in [-0.15, -0.1) is 0 Å². The van der Waals surface area contributed by atoms with Crippen molar-refractivity contribution in [3.8, 4) is 0 Å². The quantitative estimate of drug-likeness (QED) is 0.577. The molecule has 0 amide bonds. The number of hydrogen-bond donors (Lipinski definition) is 3. The SMILES string of the molecule is O=C(O)C(CCC1CCNCC1)C(=O)CCCc1ccc2c(n1)NCCC2. The molecular formula is C21H31N3O3. The molecule has 27 heavy (non-hydrogen) atoms. The van der Waals surface area contributed by atoms with Gasteiger partial charge in [0.05, 0.1) is 0 Å². The van der Waals surface area contributed by atoms with Crippen LogP contribution in [0.2, 0.25) is 0 Å². The second-order valence-corrected chi connectivity index (χ2v) is 7.82. The number of carboxylic acids is 1. The van der Waals surface area contributed by atoms with E-state index in [-0.39, 0.29) is 5.78 Å². The number of anilines is 1. The molecule has 6 nitrogen and oxygen atoms in total. The summed E-state index contributed by atoms with van der Waals surface area (Å²) in [6.07, 6.45) is 7.35. The van der Waals surface area contributed by atoms with Crippen molar-refractivity contribution in [3.05, 3.63) is 23.4 Å². The van der Waals surface area contributed by atoms with Gasteiger partial charge in [-0.1, -0.05) is 6.07 Å². The summed E-state index contributed by atoms with van der Waals surface area (Å²) in [5.41, 5.74) is 2.22. The molecule has 3 heterocycles. The summed E-state index contributed by atoms with van der Waals surface area (Å²) < 4.78 is 0. The van der Waals surface area contributed by atoms with Crippen LogP contribution in [0.5, 0.6) is 0 Å². The summed E-state index contributed by atoms with van der Waals surface area (Å²) in [6.45, 7) is 2.96. The van der Waals surface area contributed by atoms with Crippen molar-refractivity contribution in [3.63, 3.8) is 0 Å². The van der Waals surface area contributed by atoms with Gasteiger partial charge >= 0.3 is 5.97 Å². The molecule has 1 aromatic rings. The fourth-order valence-electron chi connectivity index (χ4n) is 4.12. The lowest BCUT2D eigenvalue weighted by Gasteiger charge is -2.23. The number of aryl methyl sites for hydroxylation is 2. The van der Waals surface area contributed by atoms with E-state index in [0.717, 1.165) is 63.3 Å². The Bertz CT molecular complexity index is 656. The smallest absolute Gasteiger partial charge is 0.314 e. The van der Waals surface area contributed by atoms with Crippen LogP contribution in [-0.4, -0.2) is 41.5 Å². The molecular weight excluding hydrogens is 342 g/mol. The number of fused-ring (bicyclic) bond motifs is 1. The third-order valence-electron chi connectivity index (χ3n) is 5.82. The summed E-state index contributed by atoms with van der Waals surface area (Å²) in [5.74, 6) is -0.431. The molecule has 1 aromatic heterocycles. The number of aliphatic carboxylic acids is 1. The minimum Gasteiger partial charge on any atom is -0.481 e. The molecule has 0 spiro atoms. The van der Waals surface area contributed by atoms with E-state index in [4.69, 9.17) is 0 Å². The van der Waals surface area contributed by atoms with Gasteiger partial charge in [-0.05, 0) is 82.0 Å². The first-order chi connectivity index (χ1) is 13.1. The third kappa shape index (κ3) is 5.76. The molecule has 3 N–H and O–H groups in total. The van der Waals surface area contributed by atoms with Crippen LogP contribution >= 0.6 is 0 Å². The van der Waals surface area contributed by atoms with E-state index in [1.807, 2.05) is 6.07 Å². The lowest BCUT2D eigenvalue weighted by Crippen LogP contribution is -2.29. The minimum absolute atomic E-state index is 0.132. The third-order valence-corrected chi connectivity index (χ3v) is 5.82. The van der Waals surface area contributed by atoms with Crippen molar-refractivity contribution in [2.45, 2.75) is 57.8 Å². The molecule has 0 saturated carbocycles. The highest BCUT2D eigenvalue weighted by Crippen LogP contribution is 2.23. The Morgan fingerprint density at radius 1 is 1.22 bits per heavy atom. The Morgan fingerprint density at radius 2 is 2.04 bits per heavy atom. The summed E-state index contributed by atoms with van der Waals surface area (Å²) in [4.78, 5) is 28.7. The molecule has 2 aliphatic heterocycles. The van der Waals surface area contributed by atoms with Crippen LogP contribution in [0.25, 0.3) is 0 Å². The molecule has 1 unspecified atom stereocenters. The Hall–Kier alpha value is -1.95. The number of pyridine rings is 1. The number of aromatic nitrogens is 1. The zero-order valence-corrected chi connectivity index (χ0v) is 16.0. The van der Waals surface area contributed by atoms with E-state index < -0.39 is 11.9 Å². The molecule has 2 aliphatic rings. The zero-order valence-electron chi connectivity index (χ0n) is 16.0. The predicted octanol–water partition coefficient (Wildman–Crippen LogP) is 2.81. The number of carbonyl (C=O) groups is 2. The molecule has 6 heteroatoms. The highest BCUT2D eigenvalue weighted by molar-refractivity contribution is 5.98. The van der Waals surface area contributed by atoms with Crippen LogP contribution in [-0.2, 0) is 22.4 Å². The maximum Gasteiger partial charge on any atom is 0.314 e. The lowest BCUT2D eigenvalue weighted by molar-refractivity contribution is -0.146. The van der Waals surface area contributed by atoms with Crippen molar-refractivity contribution in [1.82, 2.24) is 10.3 Å². The van der Waals surface area contributed by atoms with Crippen LogP contribution in [0, 0.1) is 11.8 Å². The van der Waals surface area contributed by atoms with E-state index in [1.165, 1.54) is 5.56 Å². The van der Waals surface area contributed by atoms with Crippen molar-refractivity contribution < 1.29 is 14.7 Å². The number of carbonyl (C=O) groups excluding carboxylic acids is 1. The average molecular weight is 373 g/mol. The van der Waals surface area contributed by atoms with E-state index in [1.54, 1.807) is 0 Å². The highest BCUT2D eigenvalue weighted by Gasteiger charge is 2.27. The maximum atomic E-state index is 12.5. The van der Waals surface area contributed by atoms with Gasteiger partial charge in [-0.2, -0.15) is 0 Å². The van der Waals surface area contributed by atoms with E-state index >= 15 is 0 Å². The van der Waals surface area contributed by atoms with Crippen LogP contribution in [0.15, 0.2) is 12.1 Å². The number of ketones is 1. The number of carboxylic acid groups (broad SMARTS) is 1. The number of hydrogen-bond acceptors (Lipinski definition) is 5. The molecule has 1 fully saturated rings. The number of nitrogens with zero attached hydrogens (tertiary/aromatic N) is 1. The van der Waals surface area contributed by atoms with Gasteiger partial charge in [0.2, 0.25) is 0 Å². The number of nitrogens with one attached hydrogen (secondary N) is 2. The summed E-state index contributed by atoms with van der Waals surface area (Å²) in [7, 11) is 0. The first-order valence-corrected chi connectivity index (χ1v) is 10.3. The maximum absolute atomic E-state index is 12.5. The minimum atomic E-state index is -0.968. The summed E-state index contributed by atoms with van der Waals surface area (Å²) >= 11 is 0. The second-order valence-electron chi connectivity index (χ2n) is 7.82. The van der Waals surface area contributed by atoms with Gasteiger partial charge in [0.25, 0.3) is 0 Å². The van der Waals surface area contributed by atoms with Crippen molar-refractivity contribution in [2.24, 2.45) is 11.8 Å². The Labute approximate surface area is 161 Å². The van der Waals surface area contributed by atoms with Gasteiger partial charge in [0, 0.05) is 18.7 Å². The van der Waals surface area contributed by atoms with Crippen LogP contribution in [0.3, 0.4) is 0 Å². The molecule has 1 saturated heterocycles. The van der Waals surface area contributed by atoms with Crippen LogP contribution in [0.1, 0.15) is 56.2 Å². The van der Waals surface area contributed by atoms with Gasteiger partial charge < -0.3 is 15.7 Å². The first-order valence-electron chi connectivity index (χ1n) is 10.3. The van der Waals surface area contributed by atoms with Gasteiger partial charge in [-0.3, -0.25) is 9.59 Å². The molecule has 1 atom stereocenters. The van der Waals surface area contributed by atoms with Crippen LogP contribution in [0.4, 0.5) is 5.82 Å². The monoisotopic (exact) mass is 373 g/mol. The molecule has 148 valence electrons. The van der Waals surface area contributed by atoms with E-state index in [9.17, 15) is 14.7 Å². The Kier molecular flexibility index (Phi) is 7.21. The molecule has 0 aromatic carbocycles. The summed E-state index contributed by atoms with van der Waals surface area (Å²) in [6, 6.07) is 4.15. The molecule has 0 bridgehead atoms. The second kappa shape index (κ2) is 9.83. The topological polar surface area (TPSA) is 91.3 Å². The van der Waals surface area contributed by atoms with Gasteiger partial charge in [0.1, 0.15) is 17.5 Å². The standard InChI is InChI=1S/C21H31N3O3/c25-19(18(21(26)27)9-6-15-10-13-22-14-11-15)5-1-4-17-8-7-16-3-2-12-23-20(16)24-17/h7-8,15,18,22H,1-6,9-14H2,(H,23,24)(H,26,27). The predicted molar refractivity (Wildman–Crippen MR) is 105 cm³/mol. The lowest BCUT2D eigenvalue weighted by atomic mass is 9.87. The molecule has 0 aliphatic carbocycles. The van der Waals surface area contributed by atoms with Crippen molar-refractivity contribution in [2.75, 3.05) is 25.0 Å². The van der Waals surface area contributed by atoms with Crippen LogP contribution < -0.4 is 10.6 Å². The average Bonchev–Trinajstić information content (AvgIpc) is 2.68. The number of piperidine rings is 1. The summed E-state index contributed by atoms with van der Waals surface area (Å²) in [5, 5.41) is 16.1. The van der Waals surface area contributed by atoms with Crippen molar-refractivity contribution in [1.29, 1.82) is 0 Å². The first kappa shape index (κ1) is 19.8. The van der Waals surface area contributed by atoms with Gasteiger partial charge in [0.15, 0.2) is 0 Å². The normalized spacial score (nSPS) is 18.4. The highest BCUT2D eigenvalue weighted by atomic mass is 16.4. The van der Waals surface area contributed by atoms with Crippen molar-refractivity contribution >= 4 is 17.6 Å². The largest absolute Gasteiger partial charge is 0.481 e. The molecule has 0 radical (unpaired) electrons. The van der Waals surface area contributed by atoms with Gasteiger partial charge in [-0.25, -0.2) is 4.98 Å². The fourth-order valence-corrected chi connectivity index (χ4v) is 4.12. The van der Waals surface area contributed by atoms with E-state index in [2.05, 4.69) is 21.7 Å². The Morgan fingerprint density at radius 3 is 2.81 bits per heavy atom. The zero-order chi connectivity index (χ0) is 19.1. The fraction of sp³-hybridized carbons (Fsp3) is 0.667. The number of rotatable bonds is 9.